The van der Waals surface area contributed by atoms with Crippen molar-refractivity contribution in [3.8, 4) is 5.75 Å². The molecule has 30 heavy (non-hydrogen) atoms. The first-order valence-electron chi connectivity index (χ1n) is 9.08. The molecule has 1 fully saturated rings. The van der Waals surface area contributed by atoms with Crippen LogP contribution in [0.5, 0.6) is 5.75 Å². The molecule has 11 heteroatoms. The topological polar surface area (TPSA) is 114 Å². The van der Waals surface area contributed by atoms with Crippen molar-refractivity contribution in [1.29, 1.82) is 0 Å². The Bertz CT molecular complexity index is 1170. The fourth-order valence-corrected chi connectivity index (χ4v) is 5.04. The van der Waals surface area contributed by atoms with Crippen molar-refractivity contribution in [2.75, 3.05) is 10.6 Å². The first kappa shape index (κ1) is 20.9. The maximum atomic E-state index is 12.8. The lowest BCUT2D eigenvalue weighted by Gasteiger charge is -2.23. The number of amides is 2. The van der Waals surface area contributed by atoms with Gasteiger partial charge in [0.1, 0.15) is 10.6 Å². The quantitative estimate of drug-likeness (QED) is 0.620. The lowest BCUT2D eigenvalue weighted by Crippen LogP contribution is -2.34. The molecule has 2 aliphatic rings. The van der Waals surface area contributed by atoms with Crippen LogP contribution >= 0.6 is 23.2 Å². The largest absolute Gasteiger partial charge is 0.479 e. The highest BCUT2D eigenvalue weighted by molar-refractivity contribution is 7.89. The van der Waals surface area contributed by atoms with Crippen LogP contribution in [-0.4, -0.2) is 32.4 Å². The van der Waals surface area contributed by atoms with Crippen molar-refractivity contribution in [1.82, 2.24) is 4.72 Å². The SMILES string of the molecule is C[C@@H]1Oc2ccc(NC(=O)c3cc(S(=O)(=O)NC4CC4)c(Cl)cc3Cl)cc2NC1=O. The number of sulfonamides is 1. The van der Waals surface area contributed by atoms with Crippen LogP contribution in [0, 0.1) is 0 Å². The zero-order chi connectivity index (χ0) is 21.6. The second kappa shape index (κ2) is 7.73. The van der Waals surface area contributed by atoms with Gasteiger partial charge in [0.2, 0.25) is 10.0 Å². The Hall–Kier alpha value is -2.33. The second-order valence-corrected chi connectivity index (χ2v) is 9.57. The molecule has 3 N–H and O–H groups in total. The van der Waals surface area contributed by atoms with E-state index in [1.54, 1.807) is 19.1 Å². The number of benzene rings is 2. The molecule has 1 aliphatic heterocycles. The van der Waals surface area contributed by atoms with E-state index in [-0.39, 0.29) is 32.5 Å². The zero-order valence-electron chi connectivity index (χ0n) is 15.7. The van der Waals surface area contributed by atoms with Gasteiger partial charge in [0.25, 0.3) is 11.8 Å². The maximum Gasteiger partial charge on any atom is 0.265 e. The fourth-order valence-electron chi connectivity index (χ4n) is 2.88. The smallest absolute Gasteiger partial charge is 0.265 e. The molecule has 1 atom stereocenters. The van der Waals surface area contributed by atoms with Crippen molar-refractivity contribution < 1.29 is 22.7 Å². The summed E-state index contributed by atoms with van der Waals surface area (Å²) in [7, 11) is -3.88. The summed E-state index contributed by atoms with van der Waals surface area (Å²) in [5.74, 6) is -0.454. The molecule has 8 nitrogen and oxygen atoms in total. The number of carbonyl (C=O) groups is 2. The molecule has 4 rings (SSSR count). The summed E-state index contributed by atoms with van der Waals surface area (Å²) < 4.78 is 33.1. The molecule has 2 amide bonds. The Balaban J connectivity index is 1.60. The van der Waals surface area contributed by atoms with Crippen molar-refractivity contribution >= 4 is 56.4 Å². The molecule has 0 radical (unpaired) electrons. The molecule has 0 unspecified atom stereocenters. The van der Waals surface area contributed by atoms with Gasteiger partial charge in [-0.25, -0.2) is 13.1 Å². The molecule has 0 aromatic heterocycles. The standard InChI is InChI=1S/C19H17Cl2N3O5S/c1-9-18(25)23-15-6-11(4-5-16(15)29-9)22-19(26)12-7-17(14(21)8-13(12)20)30(27,28)24-10-2-3-10/h4-10,24H,2-3H2,1H3,(H,22,26)(H,23,25)/t9-/m0/s1. The minimum absolute atomic E-state index is 0.00583. The second-order valence-electron chi connectivity index (χ2n) is 7.07. The summed E-state index contributed by atoms with van der Waals surface area (Å²) in [4.78, 5) is 24.3. The van der Waals surface area contributed by atoms with Crippen LogP contribution in [0.15, 0.2) is 35.2 Å². The fraction of sp³-hybridized carbons (Fsp3) is 0.263. The van der Waals surface area contributed by atoms with Gasteiger partial charge in [0, 0.05) is 11.7 Å². The van der Waals surface area contributed by atoms with E-state index in [0.29, 0.717) is 17.1 Å². The van der Waals surface area contributed by atoms with Gasteiger partial charge >= 0.3 is 0 Å². The zero-order valence-corrected chi connectivity index (χ0v) is 18.0. The van der Waals surface area contributed by atoms with E-state index in [0.717, 1.165) is 18.9 Å². The number of nitrogens with one attached hydrogen (secondary N) is 3. The van der Waals surface area contributed by atoms with Crippen LogP contribution in [0.2, 0.25) is 10.0 Å². The number of halogens is 2. The Labute approximate surface area is 182 Å². The summed E-state index contributed by atoms with van der Waals surface area (Å²) >= 11 is 12.2. The van der Waals surface area contributed by atoms with Gasteiger partial charge in [-0.1, -0.05) is 23.2 Å². The number of hydrogen-bond donors (Lipinski definition) is 3. The number of anilines is 2. The normalized spacial score (nSPS) is 18.2. The number of fused-ring (bicyclic) bond motifs is 1. The van der Waals surface area contributed by atoms with Crippen molar-refractivity contribution in [2.45, 2.75) is 36.8 Å². The molecule has 2 aromatic rings. The highest BCUT2D eigenvalue weighted by Gasteiger charge is 2.30. The summed E-state index contributed by atoms with van der Waals surface area (Å²) in [6.45, 7) is 1.63. The van der Waals surface area contributed by atoms with E-state index in [4.69, 9.17) is 27.9 Å². The van der Waals surface area contributed by atoms with Crippen LogP contribution in [0.3, 0.4) is 0 Å². The minimum Gasteiger partial charge on any atom is -0.479 e. The van der Waals surface area contributed by atoms with Crippen LogP contribution < -0.4 is 20.1 Å². The van der Waals surface area contributed by atoms with Crippen LogP contribution in [0.1, 0.15) is 30.1 Å². The van der Waals surface area contributed by atoms with Gasteiger partial charge in [-0.05, 0) is 50.1 Å². The molecular formula is C19H17Cl2N3O5S. The first-order chi connectivity index (χ1) is 14.1. The summed E-state index contributed by atoms with van der Waals surface area (Å²) in [6.07, 6.45) is 0.903. The molecule has 1 aliphatic carbocycles. The summed E-state index contributed by atoms with van der Waals surface area (Å²) in [6, 6.07) is 7.00. The predicted molar refractivity (Wildman–Crippen MR) is 113 cm³/mol. The monoisotopic (exact) mass is 469 g/mol. The summed E-state index contributed by atoms with van der Waals surface area (Å²) in [5, 5.41) is 5.26. The van der Waals surface area contributed by atoms with Gasteiger partial charge in [0.05, 0.1) is 21.3 Å². The minimum atomic E-state index is -3.88. The third-order valence-electron chi connectivity index (χ3n) is 4.62. The van der Waals surface area contributed by atoms with Gasteiger partial charge in [-0.2, -0.15) is 0 Å². The Morgan fingerprint density at radius 1 is 1.17 bits per heavy atom. The highest BCUT2D eigenvalue weighted by Crippen LogP contribution is 2.34. The van der Waals surface area contributed by atoms with Crippen LogP contribution in [0.25, 0.3) is 0 Å². The lowest BCUT2D eigenvalue weighted by molar-refractivity contribution is -0.122. The summed E-state index contributed by atoms with van der Waals surface area (Å²) in [5.41, 5.74) is 0.725. The van der Waals surface area contributed by atoms with Gasteiger partial charge in [-0.15, -0.1) is 0 Å². The molecule has 2 aromatic carbocycles. The Morgan fingerprint density at radius 3 is 2.60 bits per heavy atom. The van der Waals surface area contributed by atoms with Gasteiger partial charge < -0.3 is 15.4 Å². The van der Waals surface area contributed by atoms with Crippen molar-refractivity contribution in [2.24, 2.45) is 0 Å². The average molecular weight is 470 g/mol. The highest BCUT2D eigenvalue weighted by atomic mass is 35.5. The van der Waals surface area contributed by atoms with Gasteiger partial charge in [0.15, 0.2) is 6.10 Å². The van der Waals surface area contributed by atoms with E-state index in [1.807, 2.05) is 0 Å². The van der Waals surface area contributed by atoms with Crippen LogP contribution in [0.4, 0.5) is 11.4 Å². The van der Waals surface area contributed by atoms with Gasteiger partial charge in [-0.3, -0.25) is 9.59 Å². The maximum absolute atomic E-state index is 12.8. The molecule has 1 heterocycles. The van der Waals surface area contributed by atoms with Crippen molar-refractivity contribution in [3.05, 3.63) is 45.9 Å². The third-order valence-corrected chi connectivity index (χ3v) is 6.92. The Morgan fingerprint density at radius 2 is 1.90 bits per heavy atom. The lowest BCUT2D eigenvalue weighted by atomic mass is 10.1. The molecule has 0 bridgehead atoms. The molecule has 158 valence electrons. The molecule has 1 saturated carbocycles. The predicted octanol–water partition coefficient (Wildman–Crippen LogP) is 3.41. The average Bonchev–Trinajstić information content (AvgIpc) is 3.46. The van der Waals surface area contributed by atoms with E-state index >= 15 is 0 Å². The number of carbonyl (C=O) groups excluding carboxylic acids is 2. The first-order valence-corrected chi connectivity index (χ1v) is 11.3. The van der Waals surface area contributed by atoms with E-state index in [1.165, 1.54) is 12.1 Å². The number of rotatable bonds is 5. The van der Waals surface area contributed by atoms with E-state index < -0.39 is 22.0 Å². The van der Waals surface area contributed by atoms with Crippen LogP contribution in [-0.2, 0) is 14.8 Å². The molecule has 0 spiro atoms. The number of ether oxygens (including phenoxy) is 1. The van der Waals surface area contributed by atoms with E-state index in [2.05, 4.69) is 15.4 Å². The third kappa shape index (κ3) is 4.24. The Kier molecular flexibility index (Phi) is 5.39. The van der Waals surface area contributed by atoms with E-state index in [9.17, 15) is 18.0 Å². The number of hydrogen-bond acceptors (Lipinski definition) is 5. The van der Waals surface area contributed by atoms with Crippen molar-refractivity contribution in [3.63, 3.8) is 0 Å². The molecular weight excluding hydrogens is 453 g/mol. The molecule has 0 saturated heterocycles.